The van der Waals surface area contributed by atoms with Crippen LogP contribution in [0.1, 0.15) is 28.8 Å². The highest BCUT2D eigenvalue weighted by Gasteiger charge is 2.22. The van der Waals surface area contributed by atoms with E-state index in [9.17, 15) is 4.79 Å². The molecule has 26 heavy (non-hydrogen) atoms. The highest BCUT2D eigenvalue weighted by molar-refractivity contribution is 7.10. The third kappa shape index (κ3) is 5.22. The van der Waals surface area contributed by atoms with Crippen molar-refractivity contribution >= 4 is 29.0 Å². The number of hydrogen-bond donors (Lipinski definition) is 1. The van der Waals surface area contributed by atoms with E-state index in [1.54, 1.807) is 16.2 Å². The number of hydrogen-bond acceptors (Lipinski definition) is 3. The SMILES string of the molecule is Cc1ccsc1CN(C)C(=O)NC1CCN(Cc2ccc(Cl)cc2)CC1. The van der Waals surface area contributed by atoms with E-state index in [4.69, 9.17) is 11.6 Å². The first-order chi connectivity index (χ1) is 12.5. The van der Waals surface area contributed by atoms with Crippen molar-refractivity contribution in [1.82, 2.24) is 15.1 Å². The van der Waals surface area contributed by atoms with Crippen LogP contribution in [0.4, 0.5) is 4.79 Å². The van der Waals surface area contributed by atoms with Crippen LogP contribution in [0.2, 0.25) is 5.02 Å². The monoisotopic (exact) mass is 391 g/mol. The molecule has 2 heterocycles. The Bertz CT molecular complexity index is 723. The second kappa shape index (κ2) is 8.89. The summed E-state index contributed by atoms with van der Waals surface area (Å²) < 4.78 is 0. The van der Waals surface area contributed by atoms with Gasteiger partial charge in [-0.25, -0.2) is 4.79 Å². The van der Waals surface area contributed by atoms with Crippen LogP contribution < -0.4 is 5.32 Å². The minimum atomic E-state index is 0.0222. The minimum absolute atomic E-state index is 0.0222. The number of urea groups is 1. The van der Waals surface area contributed by atoms with Crippen molar-refractivity contribution in [3.63, 3.8) is 0 Å². The maximum absolute atomic E-state index is 12.4. The highest BCUT2D eigenvalue weighted by Crippen LogP contribution is 2.18. The van der Waals surface area contributed by atoms with Crippen LogP contribution in [0, 0.1) is 6.92 Å². The van der Waals surface area contributed by atoms with Gasteiger partial charge in [0.1, 0.15) is 0 Å². The number of amides is 2. The van der Waals surface area contributed by atoms with Gasteiger partial charge < -0.3 is 10.2 Å². The van der Waals surface area contributed by atoms with Crippen LogP contribution in [-0.2, 0) is 13.1 Å². The van der Waals surface area contributed by atoms with E-state index in [1.165, 1.54) is 16.0 Å². The average molecular weight is 392 g/mol. The molecule has 0 spiro atoms. The molecule has 1 aromatic heterocycles. The van der Waals surface area contributed by atoms with Crippen molar-refractivity contribution in [3.8, 4) is 0 Å². The Morgan fingerprint density at radius 2 is 1.96 bits per heavy atom. The summed E-state index contributed by atoms with van der Waals surface area (Å²) >= 11 is 7.65. The van der Waals surface area contributed by atoms with E-state index in [2.05, 4.69) is 40.7 Å². The van der Waals surface area contributed by atoms with Gasteiger partial charge in [0.2, 0.25) is 0 Å². The van der Waals surface area contributed by atoms with E-state index in [0.29, 0.717) is 6.54 Å². The summed E-state index contributed by atoms with van der Waals surface area (Å²) in [7, 11) is 1.87. The predicted octanol–water partition coefficient (Wildman–Crippen LogP) is 4.52. The Kier molecular flexibility index (Phi) is 6.57. The Morgan fingerprint density at radius 3 is 2.58 bits per heavy atom. The topological polar surface area (TPSA) is 35.6 Å². The molecule has 0 atom stereocenters. The van der Waals surface area contributed by atoms with Gasteiger partial charge in [-0.15, -0.1) is 11.3 Å². The molecule has 2 amide bonds. The van der Waals surface area contributed by atoms with E-state index in [-0.39, 0.29) is 12.1 Å². The lowest BCUT2D eigenvalue weighted by molar-refractivity contribution is 0.173. The van der Waals surface area contributed by atoms with Gasteiger partial charge in [-0.2, -0.15) is 0 Å². The highest BCUT2D eigenvalue weighted by atomic mass is 35.5. The number of nitrogens with one attached hydrogen (secondary N) is 1. The molecule has 2 aromatic rings. The number of carbonyl (C=O) groups is 1. The molecular formula is C20H26ClN3OS. The molecule has 0 radical (unpaired) electrons. The number of carbonyl (C=O) groups excluding carboxylic acids is 1. The van der Waals surface area contributed by atoms with Crippen molar-refractivity contribution in [2.45, 2.75) is 38.9 Å². The van der Waals surface area contributed by atoms with Gasteiger partial charge in [0.15, 0.2) is 0 Å². The van der Waals surface area contributed by atoms with Crippen molar-refractivity contribution in [1.29, 1.82) is 0 Å². The van der Waals surface area contributed by atoms with Gasteiger partial charge in [-0.3, -0.25) is 4.90 Å². The Labute approximate surface area is 164 Å². The summed E-state index contributed by atoms with van der Waals surface area (Å²) in [6.45, 7) is 5.71. The van der Waals surface area contributed by atoms with Gasteiger partial charge in [0.25, 0.3) is 0 Å². The maximum Gasteiger partial charge on any atom is 0.317 e. The molecule has 4 nitrogen and oxygen atoms in total. The number of piperidine rings is 1. The number of nitrogens with zero attached hydrogens (tertiary/aromatic N) is 2. The normalized spacial score (nSPS) is 15.8. The standard InChI is InChI=1S/C20H26ClN3OS/c1-15-9-12-26-19(15)14-23(2)20(25)22-18-7-10-24(11-8-18)13-16-3-5-17(21)6-4-16/h3-6,9,12,18H,7-8,10-11,13-14H2,1-2H3,(H,22,25). The molecule has 140 valence electrons. The Morgan fingerprint density at radius 1 is 1.27 bits per heavy atom. The molecule has 3 rings (SSSR count). The average Bonchev–Trinajstić information content (AvgIpc) is 3.03. The van der Waals surface area contributed by atoms with Crippen LogP contribution in [0.15, 0.2) is 35.7 Å². The van der Waals surface area contributed by atoms with Gasteiger partial charge in [-0.05, 0) is 54.5 Å². The smallest absolute Gasteiger partial charge is 0.317 e. The third-order valence-electron chi connectivity index (χ3n) is 4.93. The van der Waals surface area contributed by atoms with Crippen LogP contribution in [-0.4, -0.2) is 42.0 Å². The molecule has 0 unspecified atom stereocenters. The van der Waals surface area contributed by atoms with E-state index in [0.717, 1.165) is 37.5 Å². The minimum Gasteiger partial charge on any atom is -0.335 e. The zero-order valence-corrected chi connectivity index (χ0v) is 16.9. The van der Waals surface area contributed by atoms with Gasteiger partial charge >= 0.3 is 6.03 Å². The van der Waals surface area contributed by atoms with Crippen molar-refractivity contribution in [3.05, 3.63) is 56.7 Å². The van der Waals surface area contributed by atoms with E-state index >= 15 is 0 Å². The summed E-state index contributed by atoms with van der Waals surface area (Å²) in [5, 5.41) is 6.04. The Hall–Kier alpha value is -1.56. The zero-order chi connectivity index (χ0) is 18.5. The van der Waals surface area contributed by atoms with Crippen molar-refractivity contribution in [2.75, 3.05) is 20.1 Å². The lowest BCUT2D eigenvalue weighted by atomic mass is 10.0. The number of likely N-dealkylation sites (tertiary alicyclic amines) is 1. The molecule has 1 aliphatic rings. The van der Waals surface area contributed by atoms with Gasteiger partial charge in [-0.1, -0.05) is 23.7 Å². The molecule has 1 saturated heterocycles. The number of halogens is 1. The largest absolute Gasteiger partial charge is 0.335 e. The first-order valence-corrected chi connectivity index (χ1v) is 10.3. The lowest BCUT2D eigenvalue weighted by Crippen LogP contribution is -2.47. The summed E-state index contributed by atoms with van der Waals surface area (Å²) in [5.74, 6) is 0. The van der Waals surface area contributed by atoms with Crippen molar-refractivity contribution in [2.24, 2.45) is 0 Å². The molecular weight excluding hydrogens is 366 g/mol. The van der Waals surface area contributed by atoms with Crippen molar-refractivity contribution < 1.29 is 4.79 Å². The van der Waals surface area contributed by atoms with Crippen LogP contribution in [0.25, 0.3) is 0 Å². The molecule has 1 aliphatic heterocycles. The second-order valence-electron chi connectivity index (χ2n) is 7.01. The molecule has 0 bridgehead atoms. The van der Waals surface area contributed by atoms with Crippen LogP contribution in [0.3, 0.4) is 0 Å². The summed E-state index contributed by atoms with van der Waals surface area (Å²) in [5.41, 5.74) is 2.54. The summed E-state index contributed by atoms with van der Waals surface area (Å²) in [6.07, 6.45) is 1.98. The summed E-state index contributed by atoms with van der Waals surface area (Å²) in [4.78, 5) is 17.9. The predicted molar refractivity (Wildman–Crippen MR) is 109 cm³/mol. The first-order valence-electron chi connectivity index (χ1n) is 9.02. The molecule has 0 saturated carbocycles. The van der Waals surface area contributed by atoms with Gasteiger partial charge in [0.05, 0.1) is 6.54 Å². The van der Waals surface area contributed by atoms with E-state index < -0.39 is 0 Å². The number of aryl methyl sites for hydroxylation is 1. The molecule has 1 fully saturated rings. The molecule has 0 aliphatic carbocycles. The van der Waals surface area contributed by atoms with E-state index in [1.807, 2.05) is 19.2 Å². The molecule has 1 aromatic carbocycles. The van der Waals surface area contributed by atoms with Crippen LogP contribution in [0.5, 0.6) is 0 Å². The molecule has 1 N–H and O–H groups in total. The second-order valence-corrected chi connectivity index (χ2v) is 8.45. The zero-order valence-electron chi connectivity index (χ0n) is 15.4. The van der Waals surface area contributed by atoms with Crippen LogP contribution >= 0.6 is 22.9 Å². The maximum atomic E-state index is 12.4. The number of rotatable bonds is 5. The van der Waals surface area contributed by atoms with Gasteiger partial charge in [0, 0.05) is 42.6 Å². The molecule has 6 heteroatoms. The quantitative estimate of drug-likeness (QED) is 0.813. The Balaban J connectivity index is 1.42. The number of benzene rings is 1. The lowest BCUT2D eigenvalue weighted by Gasteiger charge is -2.33. The third-order valence-corrected chi connectivity index (χ3v) is 6.19. The fourth-order valence-electron chi connectivity index (χ4n) is 3.22. The fraction of sp³-hybridized carbons (Fsp3) is 0.450. The first kappa shape index (κ1) is 19.2. The number of thiophene rings is 1. The fourth-order valence-corrected chi connectivity index (χ4v) is 4.31. The summed E-state index contributed by atoms with van der Waals surface area (Å²) in [6, 6.07) is 10.4.